The molecule has 0 fully saturated rings. The quantitative estimate of drug-likeness (QED) is 0.269. The van der Waals surface area contributed by atoms with E-state index in [0.29, 0.717) is 27.8 Å². The van der Waals surface area contributed by atoms with Crippen LogP contribution in [0.2, 0.25) is 0 Å². The summed E-state index contributed by atoms with van der Waals surface area (Å²) in [5.41, 5.74) is 2.31. The van der Waals surface area contributed by atoms with Gasteiger partial charge in [0.25, 0.3) is 5.91 Å². The maximum atomic E-state index is 13.6. The Labute approximate surface area is 245 Å². The number of fused-ring (bicyclic) bond motifs is 1. The number of pyridine rings is 2. The standard InChI is InChI=1S/C31H40N6O3S/c1-9-35(5)15-16-36(6)28-18-22(13-14-32-28)40-25-12-10-11-21-17-24(37(7)29(21)25)30(38)34-23-19-27(31(2,3)4)33-20-26(23)41(8)39/h10-14,17-20H,9,15-16H2,1-8H3,(H,33,34,38). The van der Waals surface area contributed by atoms with Gasteiger partial charge in [0.05, 0.1) is 26.9 Å². The maximum Gasteiger partial charge on any atom is 0.272 e. The summed E-state index contributed by atoms with van der Waals surface area (Å²) in [7, 11) is 4.64. The summed E-state index contributed by atoms with van der Waals surface area (Å²) in [6.07, 6.45) is 4.91. The van der Waals surface area contributed by atoms with Gasteiger partial charge in [0.2, 0.25) is 0 Å². The molecule has 10 heteroatoms. The first-order valence-electron chi connectivity index (χ1n) is 13.7. The van der Waals surface area contributed by atoms with E-state index in [9.17, 15) is 9.00 Å². The van der Waals surface area contributed by atoms with Crippen LogP contribution in [0.25, 0.3) is 10.9 Å². The lowest BCUT2D eigenvalue weighted by Gasteiger charge is -2.22. The predicted molar refractivity (Wildman–Crippen MR) is 167 cm³/mol. The molecule has 0 bridgehead atoms. The molecule has 3 heterocycles. The Kier molecular flexibility index (Phi) is 9.14. The highest BCUT2D eigenvalue weighted by atomic mass is 32.2. The highest BCUT2D eigenvalue weighted by Crippen LogP contribution is 2.33. The molecular formula is C31H40N6O3S. The van der Waals surface area contributed by atoms with E-state index in [4.69, 9.17) is 4.74 Å². The molecule has 1 unspecified atom stereocenters. The Morgan fingerprint density at radius 2 is 1.85 bits per heavy atom. The largest absolute Gasteiger partial charge is 0.455 e. The number of anilines is 2. The minimum absolute atomic E-state index is 0.230. The average molecular weight is 577 g/mol. The molecule has 0 spiro atoms. The van der Waals surface area contributed by atoms with Crippen molar-refractivity contribution in [1.29, 1.82) is 0 Å². The number of aromatic nitrogens is 3. The Bertz CT molecular complexity index is 1580. The fraction of sp³-hybridized carbons (Fsp3) is 0.387. The van der Waals surface area contributed by atoms with Gasteiger partial charge in [-0.2, -0.15) is 0 Å². The molecule has 1 N–H and O–H groups in total. The van der Waals surface area contributed by atoms with Crippen molar-refractivity contribution in [3.05, 3.63) is 66.2 Å². The first-order chi connectivity index (χ1) is 19.4. The van der Waals surface area contributed by atoms with E-state index in [2.05, 4.69) is 39.1 Å². The minimum atomic E-state index is -1.32. The monoisotopic (exact) mass is 576 g/mol. The third-order valence-electron chi connectivity index (χ3n) is 7.14. The van der Waals surface area contributed by atoms with Crippen LogP contribution in [0.15, 0.2) is 59.8 Å². The molecule has 3 aromatic heterocycles. The SMILES string of the molecule is CCN(C)CCN(C)c1cc(Oc2cccc3cc(C(=O)Nc4cc(C(C)(C)C)ncc4S(C)=O)n(C)c23)ccn1. The first-order valence-corrected chi connectivity index (χ1v) is 15.2. The second kappa shape index (κ2) is 12.4. The van der Waals surface area contributed by atoms with Crippen LogP contribution in [0, 0.1) is 0 Å². The lowest BCUT2D eigenvalue weighted by molar-refractivity contribution is 0.101. The van der Waals surface area contributed by atoms with Gasteiger partial charge in [0.15, 0.2) is 5.75 Å². The van der Waals surface area contributed by atoms with Crippen LogP contribution in [-0.2, 0) is 23.3 Å². The summed E-state index contributed by atoms with van der Waals surface area (Å²) in [6.45, 7) is 11.0. The fourth-order valence-electron chi connectivity index (χ4n) is 4.44. The molecule has 1 amide bonds. The van der Waals surface area contributed by atoms with Gasteiger partial charge in [-0.05, 0) is 37.9 Å². The molecule has 0 aliphatic carbocycles. The number of hydrogen-bond acceptors (Lipinski definition) is 7. The number of amides is 1. The zero-order chi connectivity index (χ0) is 29.9. The van der Waals surface area contributed by atoms with Crippen molar-refractivity contribution in [3.63, 3.8) is 0 Å². The van der Waals surface area contributed by atoms with E-state index in [-0.39, 0.29) is 11.3 Å². The van der Waals surface area contributed by atoms with Gasteiger partial charge < -0.3 is 24.4 Å². The molecule has 1 aromatic carbocycles. The zero-order valence-electron chi connectivity index (χ0n) is 25.2. The summed E-state index contributed by atoms with van der Waals surface area (Å²) in [5, 5.41) is 3.85. The second-order valence-electron chi connectivity index (χ2n) is 11.3. The van der Waals surface area contributed by atoms with Crippen LogP contribution in [0.1, 0.15) is 43.9 Å². The van der Waals surface area contributed by atoms with Crippen molar-refractivity contribution in [2.24, 2.45) is 7.05 Å². The molecule has 9 nitrogen and oxygen atoms in total. The van der Waals surface area contributed by atoms with Crippen LogP contribution >= 0.6 is 0 Å². The second-order valence-corrected chi connectivity index (χ2v) is 12.6. The number of carbonyl (C=O) groups is 1. The van der Waals surface area contributed by atoms with E-state index in [1.54, 1.807) is 18.6 Å². The summed E-state index contributed by atoms with van der Waals surface area (Å²) in [4.78, 5) is 27.4. The van der Waals surface area contributed by atoms with Crippen molar-refractivity contribution in [2.45, 2.75) is 38.0 Å². The number of para-hydroxylation sites is 1. The van der Waals surface area contributed by atoms with Gasteiger partial charge in [-0.15, -0.1) is 0 Å². The van der Waals surface area contributed by atoms with E-state index in [1.807, 2.05) is 81.9 Å². The number of carbonyl (C=O) groups excluding carboxylic acids is 1. The predicted octanol–water partition coefficient (Wildman–Crippen LogP) is 5.44. The van der Waals surface area contributed by atoms with Crippen molar-refractivity contribution in [2.75, 3.05) is 50.2 Å². The van der Waals surface area contributed by atoms with Gasteiger partial charge in [0, 0.05) is 68.4 Å². The zero-order valence-corrected chi connectivity index (χ0v) is 26.0. The van der Waals surface area contributed by atoms with Gasteiger partial charge in [-0.1, -0.05) is 39.8 Å². The molecule has 41 heavy (non-hydrogen) atoms. The summed E-state index contributed by atoms with van der Waals surface area (Å²) in [5.74, 6) is 1.80. The van der Waals surface area contributed by atoms with E-state index >= 15 is 0 Å². The van der Waals surface area contributed by atoms with Gasteiger partial charge in [-0.25, -0.2) is 4.98 Å². The highest BCUT2D eigenvalue weighted by Gasteiger charge is 2.22. The first kappa shape index (κ1) is 30.2. The number of rotatable bonds is 10. The Morgan fingerprint density at radius 1 is 1.10 bits per heavy atom. The number of benzene rings is 1. The van der Waals surface area contributed by atoms with Gasteiger partial charge in [-0.3, -0.25) is 14.0 Å². The van der Waals surface area contributed by atoms with Gasteiger partial charge >= 0.3 is 0 Å². The normalized spacial score (nSPS) is 12.5. The minimum Gasteiger partial charge on any atom is -0.455 e. The molecule has 0 aliphatic heterocycles. The van der Waals surface area contributed by atoms with Crippen molar-refractivity contribution >= 4 is 39.1 Å². The molecule has 1 atom stereocenters. The van der Waals surface area contributed by atoms with E-state index < -0.39 is 10.8 Å². The molecule has 0 radical (unpaired) electrons. The molecule has 0 saturated carbocycles. The number of nitrogens with one attached hydrogen (secondary N) is 1. The number of nitrogens with zero attached hydrogens (tertiary/aromatic N) is 5. The Morgan fingerprint density at radius 3 is 2.54 bits per heavy atom. The molecular weight excluding hydrogens is 536 g/mol. The van der Waals surface area contributed by atoms with Crippen LogP contribution in [0.3, 0.4) is 0 Å². The Hall–Kier alpha value is -3.76. The van der Waals surface area contributed by atoms with Crippen LogP contribution in [-0.4, -0.2) is 69.5 Å². The molecule has 4 aromatic rings. The van der Waals surface area contributed by atoms with Crippen LogP contribution in [0.5, 0.6) is 11.5 Å². The smallest absolute Gasteiger partial charge is 0.272 e. The van der Waals surface area contributed by atoms with E-state index in [0.717, 1.165) is 42.0 Å². The highest BCUT2D eigenvalue weighted by molar-refractivity contribution is 7.84. The van der Waals surface area contributed by atoms with Gasteiger partial charge in [0.1, 0.15) is 17.3 Å². The summed E-state index contributed by atoms with van der Waals surface area (Å²) in [6, 6.07) is 13.1. The number of likely N-dealkylation sites (N-methyl/N-ethyl adjacent to an activating group) is 2. The molecule has 0 aliphatic rings. The van der Waals surface area contributed by atoms with Crippen LogP contribution < -0.4 is 15.0 Å². The fourth-order valence-corrected chi connectivity index (χ4v) is 5.06. The number of aryl methyl sites for hydroxylation is 1. The number of ether oxygens (including phenoxy) is 1. The molecule has 218 valence electrons. The summed E-state index contributed by atoms with van der Waals surface area (Å²) >= 11 is 0. The van der Waals surface area contributed by atoms with Crippen molar-refractivity contribution < 1.29 is 13.7 Å². The van der Waals surface area contributed by atoms with Crippen molar-refractivity contribution in [1.82, 2.24) is 19.4 Å². The summed E-state index contributed by atoms with van der Waals surface area (Å²) < 4.78 is 20.6. The molecule has 4 rings (SSSR count). The average Bonchev–Trinajstić information content (AvgIpc) is 3.28. The third-order valence-corrected chi connectivity index (χ3v) is 8.08. The Balaban J connectivity index is 1.62. The maximum absolute atomic E-state index is 13.6. The molecule has 0 saturated heterocycles. The van der Waals surface area contributed by atoms with Crippen molar-refractivity contribution in [3.8, 4) is 11.5 Å². The topological polar surface area (TPSA) is 92.6 Å². The lowest BCUT2D eigenvalue weighted by Crippen LogP contribution is -2.30. The lowest BCUT2D eigenvalue weighted by atomic mass is 9.91. The van der Waals surface area contributed by atoms with Crippen LogP contribution in [0.4, 0.5) is 11.5 Å². The number of hydrogen-bond donors (Lipinski definition) is 1. The third kappa shape index (κ3) is 6.94. The van der Waals surface area contributed by atoms with E-state index in [1.165, 1.54) is 0 Å².